The fourth-order valence-electron chi connectivity index (χ4n) is 7.16. The molecule has 6 amide bonds. The number of ether oxygens (including phenoxy) is 1. The molecule has 1 saturated heterocycles. The first-order valence-corrected chi connectivity index (χ1v) is 21.0. The number of hydrogen-bond acceptors (Lipinski definition) is 13. The maximum Gasteiger partial charge on any atom is 0.326 e. The summed E-state index contributed by atoms with van der Waals surface area (Å²) in [6.45, 7) is 11.8. The number of hydrogen-bond donors (Lipinski definition) is 10. The summed E-state index contributed by atoms with van der Waals surface area (Å²) in [7, 11) is 0. The lowest BCUT2D eigenvalue weighted by molar-refractivity contribution is -0.151. The van der Waals surface area contributed by atoms with E-state index in [-0.39, 0.29) is 81.4 Å². The molecule has 22 nitrogen and oxygen atoms in total. The predicted molar refractivity (Wildman–Crippen MR) is 230 cm³/mol. The maximum absolute atomic E-state index is 13.9. The zero-order valence-corrected chi connectivity index (χ0v) is 37.0. The molecule has 2 heterocycles. The molecule has 0 bridgehead atoms. The number of guanidine groups is 2. The molecule has 13 N–H and O–H groups in total. The van der Waals surface area contributed by atoms with Gasteiger partial charge in [-0.2, -0.15) is 0 Å². The van der Waals surface area contributed by atoms with E-state index in [4.69, 9.17) is 21.9 Å². The number of likely N-dealkylation sites (tertiary alicyclic amines) is 1. The zero-order valence-electron chi connectivity index (χ0n) is 37.0. The molecule has 348 valence electrons. The number of amides is 6. The number of carbonyl (C=O) groups is 8. The Kier molecular flexibility index (Phi) is 21.7. The first-order chi connectivity index (χ1) is 29.1. The van der Waals surface area contributed by atoms with Gasteiger partial charge in [0.2, 0.25) is 35.4 Å². The molecule has 0 radical (unpaired) electrons. The van der Waals surface area contributed by atoms with Gasteiger partial charge in [-0.1, -0.05) is 39.3 Å². The second kappa shape index (κ2) is 25.7. The molecule has 6 unspecified atom stereocenters. The Morgan fingerprint density at radius 3 is 2.18 bits per heavy atom. The normalized spacial score (nSPS) is 19.7. The van der Waals surface area contributed by atoms with E-state index in [1.807, 2.05) is 47.6 Å². The van der Waals surface area contributed by atoms with Crippen LogP contribution in [0.15, 0.2) is 21.6 Å². The lowest BCUT2D eigenvalue weighted by atomic mass is 9.93. The van der Waals surface area contributed by atoms with E-state index in [0.717, 1.165) is 5.57 Å². The molecule has 22 heteroatoms. The highest BCUT2D eigenvalue weighted by atomic mass is 16.5. The summed E-state index contributed by atoms with van der Waals surface area (Å²) in [5, 5.41) is 25.4. The summed E-state index contributed by atoms with van der Waals surface area (Å²) >= 11 is 0. The second-order valence-electron chi connectivity index (χ2n) is 16.5. The van der Waals surface area contributed by atoms with E-state index >= 15 is 0 Å². The fraction of sp³-hybridized carbons (Fsp3) is 0.700. The minimum Gasteiger partial charge on any atom is -0.480 e. The van der Waals surface area contributed by atoms with Gasteiger partial charge in [-0.15, -0.1) is 0 Å². The molecule has 2 aliphatic rings. The van der Waals surface area contributed by atoms with Crippen LogP contribution in [0, 0.1) is 17.8 Å². The third-order valence-corrected chi connectivity index (χ3v) is 10.3. The number of esters is 1. The first-order valence-electron chi connectivity index (χ1n) is 21.0. The summed E-state index contributed by atoms with van der Waals surface area (Å²) in [4.78, 5) is 113. The van der Waals surface area contributed by atoms with Gasteiger partial charge in [0.25, 0.3) is 0 Å². The summed E-state index contributed by atoms with van der Waals surface area (Å²) in [6, 6.07) is -4.92. The standard InChI is InChI=1S/C40H68N12O10/c1-8-22(4)13-24(6)31(62-25(7)53)16-32(54)49-28(15-26-17-47-40(43)48-26)36(58)51-27(10-9-11-44-39(41)42)35(57)46-18-33(55)45-19-34(56)50-29(12-21(2)3)37(59)52-20-23(5)14-30(52)38(60)61/h8,21,23-24,26-31H,9-20H2,1-7H3,(H,45,55)(H,46,57)(H,49,54)(H,50,56)(H,51,58)(H,60,61)(H4,41,42,44)(H3,43,47,48)/b22-8+/t23?,24?,26?,27-,28?,29-,30?,31?/m0/s1. The fourth-order valence-corrected chi connectivity index (χ4v) is 7.16. The average Bonchev–Trinajstić information content (AvgIpc) is 3.79. The minimum atomic E-state index is -1.24. The molecule has 62 heavy (non-hydrogen) atoms. The van der Waals surface area contributed by atoms with Crippen molar-refractivity contribution in [2.24, 2.45) is 44.9 Å². The molecular weight excluding hydrogens is 809 g/mol. The van der Waals surface area contributed by atoms with Crippen molar-refractivity contribution in [1.82, 2.24) is 36.8 Å². The van der Waals surface area contributed by atoms with Crippen molar-refractivity contribution in [3.63, 3.8) is 0 Å². The zero-order chi connectivity index (χ0) is 46.7. The van der Waals surface area contributed by atoms with Gasteiger partial charge in [0, 0.05) is 20.0 Å². The minimum absolute atomic E-state index is 0.0108. The van der Waals surface area contributed by atoms with Gasteiger partial charge in [0.1, 0.15) is 30.3 Å². The number of nitrogens with two attached hydrogens (primary N) is 3. The lowest BCUT2D eigenvalue weighted by Gasteiger charge is -2.28. The van der Waals surface area contributed by atoms with Gasteiger partial charge in [-0.25, -0.2) is 4.79 Å². The molecule has 0 saturated carbocycles. The third kappa shape index (κ3) is 18.8. The Hall–Kier alpha value is -5.96. The number of carboxylic acids is 1. The van der Waals surface area contributed by atoms with Crippen LogP contribution in [-0.4, -0.2) is 138 Å². The summed E-state index contributed by atoms with van der Waals surface area (Å²) in [5.74, 6) is -6.09. The molecule has 2 aliphatic heterocycles. The van der Waals surface area contributed by atoms with Crippen LogP contribution in [0.1, 0.15) is 93.4 Å². The number of nitrogens with zero attached hydrogens (tertiary/aromatic N) is 3. The van der Waals surface area contributed by atoms with Gasteiger partial charge in [0.05, 0.1) is 32.1 Å². The molecule has 0 spiro atoms. The maximum atomic E-state index is 13.9. The van der Waals surface area contributed by atoms with Crippen molar-refractivity contribution in [3.05, 3.63) is 11.6 Å². The van der Waals surface area contributed by atoms with Crippen molar-refractivity contribution in [1.29, 1.82) is 0 Å². The molecule has 2 rings (SSSR count). The van der Waals surface area contributed by atoms with Crippen LogP contribution >= 0.6 is 0 Å². The Labute approximate surface area is 362 Å². The summed E-state index contributed by atoms with van der Waals surface area (Å²) < 4.78 is 5.49. The molecular formula is C40H68N12O10. The Morgan fingerprint density at radius 1 is 0.935 bits per heavy atom. The van der Waals surface area contributed by atoms with E-state index in [1.165, 1.54) is 11.8 Å². The quantitative estimate of drug-likeness (QED) is 0.0157. The Morgan fingerprint density at radius 2 is 1.60 bits per heavy atom. The largest absolute Gasteiger partial charge is 0.480 e. The van der Waals surface area contributed by atoms with Crippen molar-refractivity contribution in [2.45, 2.75) is 130 Å². The Balaban J connectivity index is 2.15. The topological polar surface area (TPSA) is 344 Å². The van der Waals surface area contributed by atoms with Gasteiger partial charge in [-0.3, -0.25) is 43.5 Å². The van der Waals surface area contributed by atoms with Crippen molar-refractivity contribution < 1.29 is 48.2 Å². The van der Waals surface area contributed by atoms with Gasteiger partial charge < -0.3 is 63.8 Å². The predicted octanol–water partition coefficient (Wildman–Crippen LogP) is -1.91. The SMILES string of the molecule is C/C=C(\C)CC(C)C(CC(=O)NC(CC1CN=C(N)N1)C(=O)N[C@@H](CCCN=C(N)N)C(=O)NCC(=O)NCC(=O)N[C@@H](CC(C)C)C(=O)N1CC(C)CC1C(=O)O)OC(C)=O. The number of carboxylic acid groups (broad SMARTS) is 1. The van der Waals surface area contributed by atoms with Crippen LogP contribution in [-0.2, 0) is 43.1 Å². The molecule has 0 aromatic carbocycles. The third-order valence-electron chi connectivity index (χ3n) is 10.3. The van der Waals surface area contributed by atoms with E-state index in [2.05, 4.69) is 41.9 Å². The van der Waals surface area contributed by atoms with Crippen LogP contribution in [0.4, 0.5) is 0 Å². The molecule has 0 aliphatic carbocycles. The number of carbonyl (C=O) groups excluding carboxylic acids is 7. The van der Waals surface area contributed by atoms with E-state index in [1.54, 1.807) is 0 Å². The average molecular weight is 877 g/mol. The molecule has 1 fully saturated rings. The van der Waals surface area contributed by atoms with Crippen LogP contribution in [0.3, 0.4) is 0 Å². The molecule has 0 aromatic rings. The van der Waals surface area contributed by atoms with Gasteiger partial charge >= 0.3 is 11.9 Å². The highest BCUT2D eigenvalue weighted by Crippen LogP contribution is 2.25. The van der Waals surface area contributed by atoms with E-state index < -0.39 is 96.8 Å². The first kappa shape index (κ1) is 52.2. The van der Waals surface area contributed by atoms with Crippen LogP contribution < -0.4 is 49.1 Å². The number of allylic oxidation sites excluding steroid dienone is 2. The monoisotopic (exact) mass is 877 g/mol. The van der Waals surface area contributed by atoms with Crippen molar-refractivity contribution in [3.8, 4) is 0 Å². The van der Waals surface area contributed by atoms with E-state index in [9.17, 15) is 43.5 Å². The van der Waals surface area contributed by atoms with Crippen LogP contribution in [0.2, 0.25) is 0 Å². The number of rotatable bonds is 25. The smallest absolute Gasteiger partial charge is 0.326 e. The second-order valence-corrected chi connectivity index (χ2v) is 16.5. The Bertz CT molecular complexity index is 1700. The molecule has 8 atom stereocenters. The van der Waals surface area contributed by atoms with Crippen molar-refractivity contribution in [2.75, 3.05) is 32.7 Å². The van der Waals surface area contributed by atoms with Crippen LogP contribution in [0.25, 0.3) is 0 Å². The number of aliphatic imine (C=N–C) groups is 2. The lowest BCUT2D eigenvalue weighted by Crippen LogP contribution is -2.56. The van der Waals surface area contributed by atoms with Gasteiger partial charge in [-0.05, 0) is 70.1 Å². The van der Waals surface area contributed by atoms with Crippen molar-refractivity contribution >= 4 is 59.3 Å². The van der Waals surface area contributed by atoms with Gasteiger partial charge in [0.15, 0.2) is 11.9 Å². The highest BCUT2D eigenvalue weighted by molar-refractivity contribution is 5.95. The van der Waals surface area contributed by atoms with E-state index in [0.29, 0.717) is 12.8 Å². The summed E-state index contributed by atoms with van der Waals surface area (Å²) in [6.07, 6.45) is 2.22. The highest BCUT2D eigenvalue weighted by Gasteiger charge is 2.41. The van der Waals surface area contributed by atoms with Crippen LogP contribution in [0.5, 0.6) is 0 Å². The summed E-state index contributed by atoms with van der Waals surface area (Å²) in [5.41, 5.74) is 17.7. The molecule has 0 aromatic heterocycles. The number of nitrogens with one attached hydrogen (secondary N) is 6. The number of aliphatic carboxylic acids is 1.